The van der Waals surface area contributed by atoms with Gasteiger partial charge in [-0.1, -0.05) is 12.8 Å². The van der Waals surface area contributed by atoms with Crippen LogP contribution in [0.1, 0.15) is 36.0 Å². The van der Waals surface area contributed by atoms with Crippen molar-refractivity contribution in [1.29, 1.82) is 0 Å². The predicted octanol–water partition coefficient (Wildman–Crippen LogP) is 1.52. The first-order valence-corrected chi connectivity index (χ1v) is 9.86. The fraction of sp³-hybridized carbons (Fsp3) is 0.550. The lowest BCUT2D eigenvalue weighted by Crippen LogP contribution is -2.65. The molecule has 0 bridgehead atoms. The van der Waals surface area contributed by atoms with Crippen LogP contribution in [0, 0.1) is 0 Å². The minimum Gasteiger partial charge on any atom is -0.383 e. The van der Waals surface area contributed by atoms with E-state index in [0.717, 1.165) is 42.7 Å². The van der Waals surface area contributed by atoms with E-state index in [0.29, 0.717) is 31.8 Å². The molecule has 2 fully saturated rings. The molecule has 28 heavy (non-hydrogen) atoms. The fourth-order valence-corrected chi connectivity index (χ4v) is 4.45. The van der Waals surface area contributed by atoms with Crippen LogP contribution in [-0.2, 0) is 16.6 Å². The van der Waals surface area contributed by atoms with Crippen LogP contribution in [-0.4, -0.2) is 65.2 Å². The summed E-state index contributed by atoms with van der Waals surface area (Å²) in [6.07, 6.45) is 3.44. The Morgan fingerprint density at radius 2 is 2.14 bits per heavy atom. The van der Waals surface area contributed by atoms with Crippen LogP contribution in [0.2, 0.25) is 0 Å². The number of nitrogens with one attached hydrogen (secondary N) is 2. The van der Waals surface area contributed by atoms with Gasteiger partial charge in [0.1, 0.15) is 5.54 Å². The monoisotopic (exact) mass is 385 g/mol. The summed E-state index contributed by atoms with van der Waals surface area (Å²) < 4.78 is 7.03. The molecule has 1 aromatic carbocycles. The Kier molecular flexibility index (Phi) is 4.97. The van der Waals surface area contributed by atoms with Crippen molar-refractivity contribution >= 4 is 28.8 Å². The Labute approximate surface area is 164 Å². The van der Waals surface area contributed by atoms with Gasteiger partial charge < -0.3 is 24.8 Å². The first kappa shape index (κ1) is 18.7. The highest BCUT2D eigenvalue weighted by Gasteiger charge is 2.50. The molecule has 0 atom stereocenters. The van der Waals surface area contributed by atoms with Gasteiger partial charge in [0.2, 0.25) is 11.9 Å². The molecule has 1 aliphatic carbocycles. The van der Waals surface area contributed by atoms with Gasteiger partial charge in [-0.3, -0.25) is 9.59 Å². The van der Waals surface area contributed by atoms with E-state index >= 15 is 0 Å². The van der Waals surface area contributed by atoms with Gasteiger partial charge in [-0.05, 0) is 31.0 Å². The third-order valence-corrected chi connectivity index (χ3v) is 5.95. The predicted molar refractivity (Wildman–Crippen MR) is 106 cm³/mol. The van der Waals surface area contributed by atoms with Crippen LogP contribution in [0.4, 0.5) is 5.95 Å². The molecule has 8 nitrogen and oxygen atoms in total. The van der Waals surface area contributed by atoms with E-state index in [1.165, 1.54) is 0 Å². The third kappa shape index (κ3) is 3.01. The van der Waals surface area contributed by atoms with Crippen LogP contribution in [0.3, 0.4) is 0 Å². The quantitative estimate of drug-likeness (QED) is 0.762. The summed E-state index contributed by atoms with van der Waals surface area (Å²) in [5.74, 6) is 0.646. The number of piperazine rings is 1. The number of aryl methyl sites for hydroxylation is 1. The van der Waals surface area contributed by atoms with Crippen LogP contribution >= 0.6 is 0 Å². The summed E-state index contributed by atoms with van der Waals surface area (Å²) in [5.41, 5.74) is 1.61. The number of imidazole rings is 1. The maximum absolute atomic E-state index is 13.3. The van der Waals surface area contributed by atoms with Gasteiger partial charge in [-0.25, -0.2) is 4.98 Å². The molecule has 2 aliphatic rings. The minimum absolute atomic E-state index is 0.00635. The number of methoxy groups -OCH3 is 1. The number of aromatic nitrogens is 2. The number of amides is 2. The number of anilines is 1. The third-order valence-electron chi connectivity index (χ3n) is 5.95. The lowest BCUT2D eigenvalue weighted by atomic mass is 9.90. The summed E-state index contributed by atoms with van der Waals surface area (Å²) in [4.78, 5) is 32.4. The molecule has 1 saturated carbocycles. The molecular weight excluding hydrogens is 358 g/mol. The summed E-state index contributed by atoms with van der Waals surface area (Å²) in [6.45, 7) is 2.30. The van der Waals surface area contributed by atoms with Gasteiger partial charge in [0.25, 0.3) is 5.91 Å². The molecule has 2 heterocycles. The van der Waals surface area contributed by atoms with E-state index < -0.39 is 5.54 Å². The molecule has 1 aliphatic heterocycles. The average molecular weight is 385 g/mol. The van der Waals surface area contributed by atoms with Crippen molar-refractivity contribution in [3.05, 3.63) is 23.8 Å². The van der Waals surface area contributed by atoms with Gasteiger partial charge in [-0.2, -0.15) is 0 Å². The molecule has 2 aromatic rings. The summed E-state index contributed by atoms with van der Waals surface area (Å²) in [5, 5.41) is 6.19. The second-order valence-corrected chi connectivity index (χ2v) is 7.57. The van der Waals surface area contributed by atoms with Gasteiger partial charge in [0.15, 0.2) is 0 Å². The van der Waals surface area contributed by atoms with Crippen LogP contribution in [0.5, 0.6) is 0 Å². The maximum atomic E-state index is 13.3. The van der Waals surface area contributed by atoms with Gasteiger partial charge in [0, 0.05) is 39.4 Å². The summed E-state index contributed by atoms with van der Waals surface area (Å²) in [6, 6.07) is 5.58. The number of nitrogens with zero attached hydrogens (tertiary/aromatic N) is 3. The molecular formula is C20H27N5O3. The van der Waals surface area contributed by atoms with E-state index in [4.69, 9.17) is 4.74 Å². The van der Waals surface area contributed by atoms with E-state index in [9.17, 15) is 9.59 Å². The van der Waals surface area contributed by atoms with Crippen molar-refractivity contribution in [1.82, 2.24) is 19.8 Å². The van der Waals surface area contributed by atoms with Crippen molar-refractivity contribution in [3.63, 3.8) is 0 Å². The smallest absolute Gasteiger partial charge is 0.254 e. The molecule has 4 rings (SSSR count). The number of hydrogen-bond donors (Lipinski definition) is 2. The second-order valence-electron chi connectivity index (χ2n) is 7.57. The standard InChI is InChI=1S/C20H27N5O3/c1-24-16-6-5-14(13-15(16)23-19(24)22-10-12-28-2)17(26)25-11-9-21-18(27)20(25)7-3-4-8-20/h5-6,13H,3-4,7-12H2,1-2H3,(H,21,27)(H,22,23). The van der Waals surface area contributed by atoms with Crippen molar-refractivity contribution < 1.29 is 14.3 Å². The molecule has 0 unspecified atom stereocenters. The number of rotatable bonds is 5. The Balaban J connectivity index is 1.63. The van der Waals surface area contributed by atoms with Gasteiger partial charge in [0.05, 0.1) is 17.6 Å². The van der Waals surface area contributed by atoms with E-state index in [1.807, 2.05) is 29.8 Å². The Bertz CT molecular complexity index is 901. The number of carbonyl (C=O) groups excluding carboxylic acids is 2. The van der Waals surface area contributed by atoms with E-state index in [1.54, 1.807) is 12.0 Å². The first-order chi connectivity index (χ1) is 13.6. The topological polar surface area (TPSA) is 88.5 Å². The molecule has 8 heteroatoms. The van der Waals surface area contributed by atoms with E-state index in [2.05, 4.69) is 15.6 Å². The SMILES string of the molecule is COCCNc1nc2cc(C(=O)N3CCNC(=O)C34CCCC4)ccc2n1C. The molecule has 1 spiro atoms. The minimum atomic E-state index is -0.679. The number of hydrogen-bond acceptors (Lipinski definition) is 5. The molecule has 2 N–H and O–H groups in total. The Morgan fingerprint density at radius 1 is 1.36 bits per heavy atom. The highest BCUT2D eigenvalue weighted by molar-refractivity contribution is 6.02. The molecule has 150 valence electrons. The molecule has 1 aromatic heterocycles. The second kappa shape index (κ2) is 7.43. The number of benzene rings is 1. The fourth-order valence-electron chi connectivity index (χ4n) is 4.45. The van der Waals surface area contributed by atoms with Crippen molar-refractivity contribution in [3.8, 4) is 0 Å². The zero-order valence-corrected chi connectivity index (χ0v) is 16.5. The zero-order valence-electron chi connectivity index (χ0n) is 16.5. The van der Waals surface area contributed by atoms with Crippen molar-refractivity contribution in [2.75, 3.05) is 38.7 Å². The molecule has 2 amide bonds. The lowest BCUT2D eigenvalue weighted by molar-refractivity contribution is -0.134. The summed E-state index contributed by atoms with van der Waals surface area (Å²) in [7, 11) is 3.60. The normalized spacial score (nSPS) is 18.6. The van der Waals surface area contributed by atoms with Gasteiger partial charge in [-0.15, -0.1) is 0 Å². The zero-order chi connectivity index (χ0) is 19.7. The molecule has 0 radical (unpaired) electrons. The molecule has 1 saturated heterocycles. The van der Waals surface area contributed by atoms with Crippen LogP contribution in [0.15, 0.2) is 18.2 Å². The number of fused-ring (bicyclic) bond motifs is 1. The van der Waals surface area contributed by atoms with Crippen molar-refractivity contribution in [2.45, 2.75) is 31.2 Å². The first-order valence-electron chi connectivity index (χ1n) is 9.86. The van der Waals surface area contributed by atoms with Crippen LogP contribution < -0.4 is 10.6 Å². The number of carbonyl (C=O) groups is 2. The Morgan fingerprint density at radius 3 is 2.89 bits per heavy atom. The summed E-state index contributed by atoms with van der Waals surface area (Å²) >= 11 is 0. The van der Waals surface area contributed by atoms with Crippen molar-refractivity contribution in [2.24, 2.45) is 7.05 Å². The van der Waals surface area contributed by atoms with E-state index in [-0.39, 0.29) is 11.8 Å². The number of ether oxygens (including phenoxy) is 1. The average Bonchev–Trinajstić information content (AvgIpc) is 3.30. The largest absolute Gasteiger partial charge is 0.383 e. The van der Waals surface area contributed by atoms with Crippen LogP contribution in [0.25, 0.3) is 11.0 Å². The maximum Gasteiger partial charge on any atom is 0.254 e. The highest BCUT2D eigenvalue weighted by atomic mass is 16.5. The van der Waals surface area contributed by atoms with Gasteiger partial charge >= 0.3 is 0 Å². The highest BCUT2D eigenvalue weighted by Crippen LogP contribution is 2.38. The Hall–Kier alpha value is -2.61. The lowest BCUT2D eigenvalue weighted by Gasteiger charge is -2.43.